The zero-order valence-electron chi connectivity index (χ0n) is 19.4. The molecule has 6 nitrogen and oxygen atoms in total. The molecule has 1 N–H and O–H groups in total. The van der Waals surface area contributed by atoms with Gasteiger partial charge in [0.15, 0.2) is 0 Å². The van der Waals surface area contributed by atoms with Gasteiger partial charge < -0.3 is 15.0 Å². The van der Waals surface area contributed by atoms with Gasteiger partial charge in [-0.05, 0) is 48.2 Å². The highest BCUT2D eigenvalue weighted by Crippen LogP contribution is 2.43. The minimum atomic E-state index is -1.23. The Morgan fingerprint density at radius 2 is 1.88 bits per heavy atom. The Hall–Kier alpha value is -3.22. The van der Waals surface area contributed by atoms with Gasteiger partial charge in [-0.3, -0.25) is 9.59 Å². The molecule has 5 rings (SSSR count). The van der Waals surface area contributed by atoms with Gasteiger partial charge in [-0.15, -0.1) is 0 Å². The van der Waals surface area contributed by atoms with Crippen molar-refractivity contribution in [2.45, 2.75) is 62.6 Å². The summed E-state index contributed by atoms with van der Waals surface area (Å²) < 4.78 is 19.9. The van der Waals surface area contributed by atoms with Crippen molar-refractivity contribution in [2.24, 2.45) is 0 Å². The van der Waals surface area contributed by atoms with E-state index in [9.17, 15) is 14.0 Å². The smallest absolute Gasteiger partial charge is 0.248 e. The molecule has 7 heteroatoms. The van der Waals surface area contributed by atoms with E-state index in [-0.39, 0.29) is 24.8 Å². The Morgan fingerprint density at radius 3 is 2.62 bits per heavy atom. The molecule has 3 aliphatic rings. The van der Waals surface area contributed by atoms with Crippen LogP contribution >= 0.6 is 0 Å². The van der Waals surface area contributed by atoms with E-state index in [0.717, 1.165) is 48.3 Å². The van der Waals surface area contributed by atoms with Crippen molar-refractivity contribution < 1.29 is 18.7 Å². The number of ether oxygens (including phenoxy) is 1. The number of benzene rings is 1. The molecule has 2 aromatic rings. The van der Waals surface area contributed by atoms with E-state index in [1.54, 1.807) is 13.2 Å². The SMILES string of the molecule is COc1ccc(C2(C(=O)N3C[C@H](F)C[C@@H]3C(=O)Nc3ccc4c(n3)CC=C4)CCCCC2)cc1. The molecule has 1 aromatic heterocycles. The van der Waals surface area contributed by atoms with Crippen LogP contribution in [0.3, 0.4) is 0 Å². The van der Waals surface area contributed by atoms with Crippen LogP contribution in [-0.2, 0) is 21.4 Å². The number of halogens is 1. The lowest BCUT2D eigenvalue weighted by molar-refractivity contribution is -0.143. The first-order valence-corrected chi connectivity index (χ1v) is 12.1. The highest BCUT2D eigenvalue weighted by atomic mass is 19.1. The van der Waals surface area contributed by atoms with Crippen LogP contribution in [0.15, 0.2) is 42.5 Å². The van der Waals surface area contributed by atoms with Gasteiger partial charge >= 0.3 is 0 Å². The van der Waals surface area contributed by atoms with Gasteiger partial charge in [-0.25, -0.2) is 9.37 Å². The zero-order chi connectivity index (χ0) is 23.7. The Morgan fingerprint density at radius 1 is 1.12 bits per heavy atom. The van der Waals surface area contributed by atoms with E-state index in [4.69, 9.17) is 4.74 Å². The average Bonchev–Trinajstić information content (AvgIpc) is 3.50. The summed E-state index contributed by atoms with van der Waals surface area (Å²) >= 11 is 0. The average molecular weight is 464 g/mol. The minimum Gasteiger partial charge on any atom is -0.497 e. The van der Waals surface area contributed by atoms with Gasteiger partial charge in [-0.2, -0.15) is 0 Å². The summed E-state index contributed by atoms with van der Waals surface area (Å²) in [5, 5.41) is 2.83. The molecule has 2 heterocycles. The first-order valence-electron chi connectivity index (χ1n) is 12.1. The number of aromatic nitrogens is 1. The lowest BCUT2D eigenvalue weighted by atomic mass is 9.68. The third-order valence-corrected chi connectivity index (χ3v) is 7.44. The second-order valence-corrected chi connectivity index (χ2v) is 9.51. The molecule has 2 amide bonds. The van der Waals surface area contributed by atoms with E-state index in [2.05, 4.69) is 10.3 Å². The first-order chi connectivity index (χ1) is 16.5. The van der Waals surface area contributed by atoms with Gasteiger partial charge in [-0.1, -0.05) is 43.5 Å². The van der Waals surface area contributed by atoms with Crippen LogP contribution in [0.1, 0.15) is 55.3 Å². The summed E-state index contributed by atoms with van der Waals surface area (Å²) in [5.41, 5.74) is 2.11. The van der Waals surface area contributed by atoms with Crippen molar-refractivity contribution in [1.82, 2.24) is 9.88 Å². The molecule has 0 bridgehead atoms. The molecule has 2 aliphatic carbocycles. The van der Waals surface area contributed by atoms with Gasteiger partial charge in [0.2, 0.25) is 11.8 Å². The molecule has 1 saturated heterocycles. The third kappa shape index (κ3) is 4.08. The van der Waals surface area contributed by atoms with E-state index in [1.807, 2.05) is 42.5 Å². The van der Waals surface area contributed by atoms with Gasteiger partial charge in [0.25, 0.3) is 0 Å². The topological polar surface area (TPSA) is 71.5 Å². The maximum absolute atomic E-state index is 14.6. The molecule has 1 saturated carbocycles. The predicted octanol–water partition coefficient (Wildman–Crippen LogP) is 4.44. The molecule has 0 unspecified atom stereocenters. The van der Waals surface area contributed by atoms with E-state index < -0.39 is 17.6 Å². The number of rotatable bonds is 5. The number of hydrogen-bond donors (Lipinski definition) is 1. The summed E-state index contributed by atoms with van der Waals surface area (Å²) in [5.74, 6) is 0.627. The Kier molecular flexibility index (Phi) is 6.11. The second-order valence-electron chi connectivity index (χ2n) is 9.51. The lowest BCUT2D eigenvalue weighted by Gasteiger charge is -2.40. The summed E-state index contributed by atoms with van der Waals surface area (Å²) in [4.78, 5) is 33.3. The van der Waals surface area contributed by atoms with Crippen LogP contribution in [0.5, 0.6) is 5.75 Å². The molecule has 0 radical (unpaired) electrons. The van der Waals surface area contributed by atoms with Crippen molar-refractivity contribution >= 4 is 23.7 Å². The summed E-state index contributed by atoms with van der Waals surface area (Å²) in [6.45, 7) is -0.0592. The summed E-state index contributed by atoms with van der Waals surface area (Å²) in [6, 6.07) is 10.4. The monoisotopic (exact) mass is 463 g/mol. The number of alkyl halides is 1. The number of allylic oxidation sites excluding steroid dienone is 1. The molecule has 0 spiro atoms. The number of carbonyl (C=O) groups is 2. The Balaban J connectivity index is 1.40. The van der Waals surface area contributed by atoms with Crippen molar-refractivity contribution in [3.8, 4) is 5.75 Å². The van der Waals surface area contributed by atoms with Crippen LogP contribution < -0.4 is 10.1 Å². The molecule has 178 valence electrons. The van der Waals surface area contributed by atoms with Gasteiger partial charge in [0.05, 0.1) is 24.8 Å². The fourth-order valence-electron chi connectivity index (χ4n) is 5.63. The number of nitrogens with zero attached hydrogens (tertiary/aromatic N) is 2. The third-order valence-electron chi connectivity index (χ3n) is 7.44. The number of fused-ring (bicyclic) bond motifs is 1. The lowest BCUT2D eigenvalue weighted by Crippen LogP contribution is -2.52. The number of nitrogens with one attached hydrogen (secondary N) is 1. The second kappa shape index (κ2) is 9.20. The largest absolute Gasteiger partial charge is 0.497 e. The van der Waals surface area contributed by atoms with Crippen LogP contribution in [0.4, 0.5) is 10.2 Å². The zero-order valence-corrected chi connectivity index (χ0v) is 19.4. The number of amides is 2. The van der Waals surface area contributed by atoms with E-state index >= 15 is 0 Å². The standard InChI is InChI=1S/C27H30FN3O3/c1-34-21-11-9-19(10-12-21)27(14-3-2-4-15-27)26(33)31-17-20(28)16-23(31)25(32)30-24-13-8-18-6-5-7-22(18)29-24/h5-6,8-13,20,23H,2-4,7,14-17H2,1H3,(H,29,30,32)/t20-,23-/m1/s1. The quantitative estimate of drug-likeness (QED) is 0.712. The van der Waals surface area contributed by atoms with Crippen molar-refractivity contribution in [3.05, 3.63) is 59.3 Å². The maximum Gasteiger partial charge on any atom is 0.248 e. The molecular formula is C27H30FN3O3. The first kappa shape index (κ1) is 22.6. The number of hydrogen-bond acceptors (Lipinski definition) is 4. The number of anilines is 1. The molecule has 2 atom stereocenters. The van der Waals surface area contributed by atoms with Crippen molar-refractivity contribution in [2.75, 3.05) is 19.0 Å². The van der Waals surface area contributed by atoms with E-state index in [1.165, 1.54) is 4.90 Å². The van der Waals surface area contributed by atoms with Crippen molar-refractivity contribution in [3.63, 3.8) is 0 Å². The normalized spacial score (nSPS) is 22.9. The van der Waals surface area contributed by atoms with Crippen molar-refractivity contribution in [1.29, 1.82) is 0 Å². The van der Waals surface area contributed by atoms with Crippen LogP contribution in [0, 0.1) is 0 Å². The van der Waals surface area contributed by atoms with E-state index in [0.29, 0.717) is 18.7 Å². The number of carbonyl (C=O) groups excluding carboxylic acids is 2. The highest BCUT2D eigenvalue weighted by molar-refractivity contribution is 5.99. The summed E-state index contributed by atoms with van der Waals surface area (Å²) in [7, 11) is 1.61. The molecule has 1 aliphatic heterocycles. The number of likely N-dealkylation sites (tertiary alicyclic amines) is 1. The highest BCUT2D eigenvalue weighted by Gasteiger charge is 2.49. The molecule has 34 heavy (non-hydrogen) atoms. The number of pyridine rings is 1. The Labute approximate surface area is 199 Å². The van der Waals surface area contributed by atoms with Crippen LogP contribution in [-0.4, -0.2) is 47.6 Å². The number of methoxy groups -OCH3 is 1. The maximum atomic E-state index is 14.6. The van der Waals surface area contributed by atoms with Gasteiger partial charge in [0.1, 0.15) is 23.8 Å². The minimum absolute atomic E-state index is 0.00274. The Bertz CT molecular complexity index is 1110. The molecular weight excluding hydrogens is 433 g/mol. The van der Waals surface area contributed by atoms with Crippen LogP contribution in [0.2, 0.25) is 0 Å². The molecule has 1 aromatic carbocycles. The fourth-order valence-corrected chi connectivity index (χ4v) is 5.63. The summed E-state index contributed by atoms with van der Waals surface area (Å²) in [6.07, 6.45) is 7.83. The van der Waals surface area contributed by atoms with Gasteiger partial charge in [0, 0.05) is 12.8 Å². The van der Waals surface area contributed by atoms with Crippen LogP contribution in [0.25, 0.3) is 6.08 Å². The molecule has 2 fully saturated rings. The fraction of sp³-hybridized carbons (Fsp3) is 0.444. The predicted molar refractivity (Wildman–Crippen MR) is 128 cm³/mol.